The van der Waals surface area contributed by atoms with Gasteiger partial charge in [0.25, 0.3) is 0 Å². The largest absolute Gasteiger partial charge is 0.398 e. The van der Waals surface area contributed by atoms with Crippen molar-refractivity contribution in [3.05, 3.63) is 24.0 Å². The lowest BCUT2D eigenvalue weighted by molar-refractivity contribution is 0.473. The Bertz CT molecular complexity index is 743. The van der Waals surface area contributed by atoms with Crippen LogP contribution in [0.1, 0.15) is 25.7 Å². The summed E-state index contributed by atoms with van der Waals surface area (Å²) in [6.07, 6.45) is 2.59. The first-order valence-corrected chi connectivity index (χ1v) is 10.1. The summed E-state index contributed by atoms with van der Waals surface area (Å²) in [6, 6.07) is 3.15. The van der Waals surface area contributed by atoms with Crippen LogP contribution in [0, 0.1) is 5.82 Å². The van der Waals surface area contributed by atoms with Crippen LogP contribution in [0.2, 0.25) is 0 Å². The van der Waals surface area contributed by atoms with E-state index in [1.165, 1.54) is 0 Å². The maximum atomic E-state index is 13.0. The highest BCUT2D eigenvalue weighted by atomic mass is 32.2. The van der Waals surface area contributed by atoms with Gasteiger partial charge in [0.1, 0.15) is 15.7 Å². The van der Waals surface area contributed by atoms with E-state index in [1.54, 1.807) is 0 Å². The first-order valence-electron chi connectivity index (χ1n) is 6.60. The lowest BCUT2D eigenvalue weighted by Crippen LogP contribution is -2.35. The number of sulfone groups is 2. The Morgan fingerprint density at radius 3 is 2.33 bits per heavy atom. The third-order valence-electron chi connectivity index (χ3n) is 3.90. The molecule has 118 valence electrons. The highest BCUT2D eigenvalue weighted by Gasteiger charge is 2.37. The zero-order chi connectivity index (χ0) is 15.8. The maximum Gasteiger partial charge on any atom is 0.183 e. The van der Waals surface area contributed by atoms with Gasteiger partial charge in [-0.25, -0.2) is 21.2 Å². The van der Waals surface area contributed by atoms with Crippen LogP contribution in [0.3, 0.4) is 0 Å². The summed E-state index contributed by atoms with van der Waals surface area (Å²) in [7, 11) is -7.03. The molecule has 1 aliphatic carbocycles. The van der Waals surface area contributed by atoms with Crippen LogP contribution >= 0.6 is 0 Å². The summed E-state index contributed by atoms with van der Waals surface area (Å²) in [5.41, 5.74) is 5.46. The molecule has 0 amide bonds. The first kappa shape index (κ1) is 16.2. The molecule has 2 unspecified atom stereocenters. The van der Waals surface area contributed by atoms with Gasteiger partial charge in [0.15, 0.2) is 9.84 Å². The van der Waals surface area contributed by atoms with Crippen molar-refractivity contribution in [2.45, 2.75) is 41.1 Å². The van der Waals surface area contributed by atoms with Crippen molar-refractivity contribution in [1.82, 2.24) is 0 Å². The molecule has 0 aromatic heterocycles. The van der Waals surface area contributed by atoms with Crippen molar-refractivity contribution in [1.29, 1.82) is 0 Å². The average molecular weight is 335 g/mol. The maximum absolute atomic E-state index is 13.0. The Labute approximate surface area is 124 Å². The molecular weight excluding hydrogens is 317 g/mol. The molecule has 0 aliphatic heterocycles. The molecule has 1 aromatic rings. The van der Waals surface area contributed by atoms with Crippen LogP contribution in [-0.2, 0) is 19.7 Å². The van der Waals surface area contributed by atoms with Gasteiger partial charge in [-0.2, -0.15) is 0 Å². The second-order valence-electron chi connectivity index (χ2n) is 5.47. The summed E-state index contributed by atoms with van der Waals surface area (Å²) in [5, 5.41) is -1.44. The molecule has 2 atom stereocenters. The molecule has 1 aromatic carbocycles. The van der Waals surface area contributed by atoms with Crippen LogP contribution in [0.5, 0.6) is 0 Å². The van der Waals surface area contributed by atoms with Crippen molar-refractivity contribution >= 4 is 25.4 Å². The SMILES string of the molecule is CS(=O)(=O)C1CCCC(S(=O)(=O)c2ccc(F)cc2N)C1. The minimum Gasteiger partial charge on any atom is -0.398 e. The number of nitrogens with two attached hydrogens (primary N) is 1. The number of halogens is 1. The molecule has 2 N–H and O–H groups in total. The average Bonchev–Trinajstić information content (AvgIpc) is 2.37. The van der Waals surface area contributed by atoms with Crippen molar-refractivity contribution < 1.29 is 21.2 Å². The fourth-order valence-corrected chi connectivity index (χ4v) is 6.00. The lowest BCUT2D eigenvalue weighted by atomic mass is 10.00. The van der Waals surface area contributed by atoms with Gasteiger partial charge in [-0.15, -0.1) is 0 Å². The molecule has 1 aliphatic rings. The molecule has 0 saturated heterocycles. The third kappa shape index (κ3) is 3.37. The van der Waals surface area contributed by atoms with E-state index in [4.69, 9.17) is 5.73 Å². The molecular formula is C13H18FNO4S2. The highest BCUT2D eigenvalue weighted by molar-refractivity contribution is 7.92. The van der Waals surface area contributed by atoms with Crippen LogP contribution in [0.4, 0.5) is 10.1 Å². The molecule has 21 heavy (non-hydrogen) atoms. The molecule has 0 bridgehead atoms. The Hall–Kier alpha value is -1.15. The molecule has 1 fully saturated rings. The molecule has 2 rings (SSSR count). The van der Waals surface area contributed by atoms with Gasteiger partial charge in [-0.1, -0.05) is 6.42 Å². The van der Waals surface area contributed by atoms with Crippen LogP contribution in [0.15, 0.2) is 23.1 Å². The van der Waals surface area contributed by atoms with E-state index in [0.29, 0.717) is 19.3 Å². The highest BCUT2D eigenvalue weighted by Crippen LogP contribution is 2.33. The molecule has 8 heteroatoms. The van der Waals surface area contributed by atoms with E-state index >= 15 is 0 Å². The molecule has 0 heterocycles. The van der Waals surface area contributed by atoms with E-state index in [9.17, 15) is 21.2 Å². The number of nitrogen functional groups attached to an aromatic ring is 1. The van der Waals surface area contributed by atoms with E-state index in [0.717, 1.165) is 24.5 Å². The van der Waals surface area contributed by atoms with Gasteiger partial charge >= 0.3 is 0 Å². The minimum absolute atomic E-state index is 0.0674. The number of anilines is 1. The predicted molar refractivity (Wildman–Crippen MR) is 78.9 cm³/mol. The summed E-state index contributed by atoms with van der Waals surface area (Å²) in [4.78, 5) is -0.122. The summed E-state index contributed by atoms with van der Waals surface area (Å²) >= 11 is 0. The number of hydrogen-bond acceptors (Lipinski definition) is 5. The number of benzene rings is 1. The second kappa shape index (κ2) is 5.57. The van der Waals surface area contributed by atoms with Crippen LogP contribution in [-0.4, -0.2) is 33.6 Å². The first-order chi connectivity index (χ1) is 9.62. The molecule has 5 nitrogen and oxygen atoms in total. The van der Waals surface area contributed by atoms with Crippen molar-refractivity contribution in [2.24, 2.45) is 0 Å². The normalized spacial score (nSPS) is 23.9. The number of hydrogen-bond donors (Lipinski definition) is 1. The Kier molecular flexibility index (Phi) is 4.30. The molecule has 1 saturated carbocycles. The van der Waals surface area contributed by atoms with Crippen molar-refractivity contribution in [3.63, 3.8) is 0 Å². The van der Waals surface area contributed by atoms with Crippen molar-refractivity contribution in [3.8, 4) is 0 Å². The zero-order valence-corrected chi connectivity index (χ0v) is 13.3. The van der Waals surface area contributed by atoms with Gasteiger partial charge in [0.05, 0.1) is 21.1 Å². The zero-order valence-electron chi connectivity index (χ0n) is 11.6. The Morgan fingerprint density at radius 1 is 1.14 bits per heavy atom. The van der Waals surface area contributed by atoms with Gasteiger partial charge < -0.3 is 5.73 Å². The van der Waals surface area contributed by atoms with E-state index < -0.39 is 36.0 Å². The summed E-state index contributed by atoms with van der Waals surface area (Å²) in [5.74, 6) is -0.607. The predicted octanol–water partition coefficient (Wildman–Crippen LogP) is 1.54. The quantitative estimate of drug-likeness (QED) is 0.668. The molecule has 0 spiro atoms. The molecule has 0 radical (unpaired) electrons. The fraction of sp³-hybridized carbons (Fsp3) is 0.538. The fourth-order valence-electron chi connectivity index (χ4n) is 2.73. The van der Waals surface area contributed by atoms with E-state index in [2.05, 4.69) is 0 Å². The topological polar surface area (TPSA) is 94.3 Å². The van der Waals surface area contributed by atoms with Gasteiger partial charge in [0, 0.05) is 6.26 Å². The Balaban J connectivity index is 2.35. The van der Waals surface area contributed by atoms with E-state index in [-0.39, 0.29) is 17.0 Å². The third-order valence-corrected chi connectivity index (χ3v) is 7.83. The van der Waals surface area contributed by atoms with Crippen molar-refractivity contribution in [2.75, 3.05) is 12.0 Å². The lowest BCUT2D eigenvalue weighted by Gasteiger charge is -2.28. The van der Waals surface area contributed by atoms with Gasteiger partial charge in [-0.05, 0) is 37.5 Å². The van der Waals surface area contributed by atoms with Gasteiger partial charge in [-0.3, -0.25) is 0 Å². The summed E-state index contributed by atoms with van der Waals surface area (Å²) < 4.78 is 61.5. The monoisotopic (exact) mass is 335 g/mol. The Morgan fingerprint density at radius 2 is 1.76 bits per heavy atom. The van der Waals surface area contributed by atoms with Crippen LogP contribution in [0.25, 0.3) is 0 Å². The van der Waals surface area contributed by atoms with E-state index in [1.807, 2.05) is 0 Å². The van der Waals surface area contributed by atoms with Crippen LogP contribution < -0.4 is 5.73 Å². The minimum atomic E-state index is -3.76. The number of rotatable bonds is 3. The summed E-state index contributed by atoms with van der Waals surface area (Å²) in [6.45, 7) is 0. The smallest absolute Gasteiger partial charge is 0.183 e. The second-order valence-corrected chi connectivity index (χ2v) is 9.99. The standard InChI is InChI=1S/C13H18FNO4S2/c1-20(16,17)10-3-2-4-11(8-10)21(18,19)13-6-5-9(14)7-12(13)15/h5-7,10-11H,2-4,8,15H2,1H3. The van der Waals surface area contributed by atoms with Gasteiger partial charge in [0.2, 0.25) is 0 Å².